The van der Waals surface area contributed by atoms with Gasteiger partial charge in [-0.2, -0.15) is 34.4 Å². The first kappa shape index (κ1) is 51.4. The van der Waals surface area contributed by atoms with Crippen LogP contribution in [0.3, 0.4) is 0 Å². The van der Waals surface area contributed by atoms with Gasteiger partial charge in [-0.1, -0.05) is 0 Å². The predicted molar refractivity (Wildman–Crippen MR) is 23.3 cm³/mol. The maximum absolute atomic E-state index is 4.81. The van der Waals surface area contributed by atoms with Crippen molar-refractivity contribution in [2.24, 2.45) is 0 Å². The third-order valence-corrected chi connectivity index (χ3v) is 0. The smallest absolute Gasteiger partial charge is 1.00 e. The molecule has 0 unspecified atom stereocenters. The van der Waals surface area contributed by atoms with Gasteiger partial charge in [-0.3, -0.25) is 0 Å². The van der Waals surface area contributed by atoms with Crippen LogP contribution in [-0.4, -0.2) is 4.96 Å². The van der Waals surface area contributed by atoms with Crippen molar-refractivity contribution in [1.29, 1.82) is 0 Å². The molecule has 0 aromatic carbocycles. The molecule has 0 saturated carbocycles. The van der Waals surface area contributed by atoms with Gasteiger partial charge in [0.2, 0.25) is 0 Å². The first-order valence-electron chi connectivity index (χ1n) is 0.655. The molecule has 0 bridgehead atoms. The Hall–Kier alpha value is 3.13. The summed E-state index contributed by atoms with van der Waals surface area (Å²) in [5, 5.41) is 0. The van der Waals surface area contributed by atoms with E-state index in [0.717, 1.165) is 0 Å². The molecule has 0 aliphatic rings. The molecule has 64 valence electrons. The third-order valence-electron chi connectivity index (χ3n) is 0. The van der Waals surface area contributed by atoms with E-state index in [1.54, 1.807) is 0 Å². The molecule has 0 aliphatic heterocycles. The van der Waals surface area contributed by atoms with Crippen LogP contribution in [0.1, 0.15) is 0 Å². The molecule has 0 aliphatic carbocycles. The summed E-state index contributed by atoms with van der Waals surface area (Å²) in [6, 6.07) is 0. The zero-order valence-electron chi connectivity index (χ0n) is 4.05. The Kier molecular flexibility index (Phi) is 206. The van der Waals surface area contributed by atoms with Gasteiger partial charge in [0.25, 0.3) is 0 Å². The van der Waals surface area contributed by atoms with Crippen LogP contribution in [0, 0.1) is 0 Å². The fraction of sp³-hybridized carbons (Fsp3) is 0. The van der Waals surface area contributed by atoms with Gasteiger partial charge in [-0.05, 0) is 0 Å². The Morgan fingerprint density at radius 2 is 0.600 bits per heavy atom. The molecule has 0 rings (SSSR count). The van der Waals surface area contributed by atoms with Crippen molar-refractivity contribution in [3.05, 3.63) is 0 Å². The number of rotatable bonds is 0. The Morgan fingerprint density at radius 1 is 0.600 bits per heavy atom. The molecule has 0 spiro atoms. The Bertz CT molecular complexity index is 14.0. The molecule has 0 amide bonds. The topological polar surface area (TPSA) is 0 Å². The number of halogens is 8. The van der Waals surface area contributed by atoms with Gasteiger partial charge in [0.05, 0.1) is 0 Å². The van der Waals surface area contributed by atoms with E-state index < -0.39 is 4.96 Å². The van der Waals surface area contributed by atoms with Crippen molar-refractivity contribution in [3.63, 3.8) is 0 Å². The summed E-state index contributed by atoms with van der Waals surface area (Å²) in [6.45, 7) is 0. The quantitative estimate of drug-likeness (QED) is 0.306. The van der Waals surface area contributed by atoms with E-state index in [-0.39, 0.29) is 84.4 Å². The second-order valence-corrected chi connectivity index (χ2v) is 2.23. The number of hydrogen-bond acceptors (Lipinski definition) is 0. The predicted octanol–water partition coefficient (Wildman–Crippen LogP) is -13.3. The second-order valence-electron chi connectivity index (χ2n) is 0.247. The fourth-order valence-corrected chi connectivity index (χ4v) is 0. The zero-order chi connectivity index (χ0) is 3.58. The molecule has 10 heteroatoms. The summed E-state index contributed by atoms with van der Waals surface area (Å²) in [6.07, 6.45) is 0. The molecule has 0 N–H and O–H groups in total. The molecule has 10 heavy (non-hydrogen) atoms. The summed E-state index contributed by atoms with van der Waals surface area (Å²) in [5.41, 5.74) is 0. The summed E-state index contributed by atoms with van der Waals surface area (Å²) in [4.78, 5) is -0.750. The van der Waals surface area contributed by atoms with Crippen LogP contribution in [0.4, 0.5) is 0 Å². The first-order valence-corrected chi connectivity index (χ1v) is 1.96. The SMILES string of the molecule is ClB(Cl)Cl.[Cl-].[Cl-].[Cl-].[Cl-].[Cl-].[Ta+5]. The van der Waals surface area contributed by atoms with E-state index in [1.807, 2.05) is 0 Å². The van der Waals surface area contributed by atoms with Crippen LogP contribution in [0.5, 0.6) is 0 Å². The van der Waals surface area contributed by atoms with Crippen molar-refractivity contribution >= 4 is 39.3 Å². The molecular formula is BCl8Ta. The van der Waals surface area contributed by atoms with E-state index in [2.05, 4.69) is 0 Å². The fourth-order valence-electron chi connectivity index (χ4n) is 0. The maximum atomic E-state index is 4.81. The van der Waals surface area contributed by atoms with Crippen LogP contribution in [0.25, 0.3) is 0 Å². The maximum Gasteiger partial charge on any atom is 5.00 e. The molecule has 0 aromatic heterocycles. The van der Waals surface area contributed by atoms with Gasteiger partial charge >= 0.3 is 27.3 Å². The van der Waals surface area contributed by atoms with E-state index in [1.165, 1.54) is 0 Å². The Morgan fingerprint density at radius 3 is 0.600 bits per heavy atom. The van der Waals surface area contributed by atoms with Crippen LogP contribution in [0.2, 0.25) is 0 Å². The van der Waals surface area contributed by atoms with Crippen molar-refractivity contribution in [3.8, 4) is 0 Å². The van der Waals surface area contributed by atoms with Gasteiger partial charge < -0.3 is 62.0 Å². The molecule has 0 radical (unpaired) electrons. The Labute approximate surface area is 122 Å². The van der Waals surface area contributed by atoms with Crippen LogP contribution in [0.15, 0.2) is 0 Å². The molecule has 0 aromatic rings. The summed E-state index contributed by atoms with van der Waals surface area (Å²) < 4.78 is 0. The minimum atomic E-state index is -0.750. The van der Waals surface area contributed by atoms with Gasteiger partial charge in [0.1, 0.15) is 0 Å². The van der Waals surface area contributed by atoms with Crippen molar-refractivity contribution in [2.45, 2.75) is 0 Å². The molecule has 0 saturated heterocycles. The van der Waals surface area contributed by atoms with Crippen molar-refractivity contribution in [1.82, 2.24) is 0 Å². The first-order chi connectivity index (χ1) is 1.73. The Balaban J connectivity index is -0.00000000300. The minimum absolute atomic E-state index is 0. The largest absolute Gasteiger partial charge is 5.00 e. The zero-order valence-corrected chi connectivity index (χ0v) is 13.3. The summed E-state index contributed by atoms with van der Waals surface area (Å²) in [7, 11) is 0. The molecule has 0 nitrogen and oxygen atoms in total. The van der Waals surface area contributed by atoms with Gasteiger partial charge in [-0.25, -0.2) is 0 Å². The molecule has 0 fully saturated rings. The summed E-state index contributed by atoms with van der Waals surface area (Å²) >= 11 is 14.4. The minimum Gasteiger partial charge on any atom is -1.00 e. The second kappa shape index (κ2) is 40.0. The van der Waals surface area contributed by atoms with Crippen molar-refractivity contribution in [2.75, 3.05) is 0 Å². The average molecular weight is 475 g/mol. The average Bonchev–Trinajstić information content (AvgIpc) is 0.811. The standard InChI is InChI=1S/BCl3.5ClH.Ta/c2-1(3)4;;;;;;/h;5*1H;/q;;;;;;+5/p-5. The third kappa shape index (κ3) is 117. The normalized spacial score (nSPS) is 2.70. The van der Waals surface area contributed by atoms with E-state index in [4.69, 9.17) is 34.4 Å². The van der Waals surface area contributed by atoms with E-state index in [9.17, 15) is 0 Å². The monoisotopic (exact) mass is 472 g/mol. The van der Waals surface area contributed by atoms with E-state index >= 15 is 0 Å². The molecule has 0 heterocycles. The van der Waals surface area contributed by atoms with Crippen molar-refractivity contribution < 1.29 is 84.4 Å². The summed E-state index contributed by atoms with van der Waals surface area (Å²) in [5.74, 6) is 0. The van der Waals surface area contributed by atoms with E-state index in [0.29, 0.717) is 0 Å². The van der Waals surface area contributed by atoms with Gasteiger partial charge in [0.15, 0.2) is 0 Å². The van der Waals surface area contributed by atoms with Crippen LogP contribution >= 0.6 is 34.4 Å². The van der Waals surface area contributed by atoms with Gasteiger partial charge in [-0.15, -0.1) is 0 Å². The van der Waals surface area contributed by atoms with Gasteiger partial charge in [0, 0.05) is 0 Å². The van der Waals surface area contributed by atoms with Crippen LogP contribution in [-0.2, 0) is 22.4 Å². The number of hydrogen-bond donors (Lipinski definition) is 0. The molecular weight excluding hydrogens is 475 g/mol. The van der Waals surface area contributed by atoms with Crippen LogP contribution < -0.4 is 62.0 Å². The molecule has 0 atom stereocenters.